The molecule has 1 aliphatic heterocycles. The van der Waals surface area contributed by atoms with Crippen LogP contribution < -0.4 is 4.74 Å². The van der Waals surface area contributed by atoms with Gasteiger partial charge < -0.3 is 14.6 Å². The molecule has 4 heteroatoms. The molecule has 1 aliphatic rings. The van der Waals surface area contributed by atoms with Crippen LogP contribution in [0.5, 0.6) is 11.5 Å². The Hall–Kier alpha value is -1.71. The molecule has 0 aliphatic carbocycles. The quantitative estimate of drug-likeness (QED) is 0.822. The van der Waals surface area contributed by atoms with Gasteiger partial charge in [-0.3, -0.25) is 4.79 Å². The van der Waals surface area contributed by atoms with Crippen molar-refractivity contribution in [1.82, 2.24) is 0 Å². The maximum absolute atomic E-state index is 10.2. The molecule has 1 heterocycles. The molecule has 1 aromatic carbocycles. The number of cyclic esters (lactones) is 1. The lowest BCUT2D eigenvalue weighted by Gasteiger charge is -2.03. The molecule has 1 aromatic rings. The smallest absolute Gasteiger partial charge is 0.306 e. The van der Waals surface area contributed by atoms with E-state index in [9.17, 15) is 9.90 Å². The molecular formula is C14H20O4. The minimum absolute atomic E-state index is 0.0486. The summed E-state index contributed by atoms with van der Waals surface area (Å²) in [6, 6.07) is 5.38. The zero-order valence-electron chi connectivity index (χ0n) is 11.1. The predicted octanol–water partition coefficient (Wildman–Crippen LogP) is 2.68. The highest BCUT2D eigenvalue weighted by atomic mass is 16.5. The third-order valence-corrected chi connectivity index (χ3v) is 2.74. The normalized spacial score (nSPS) is 17.7. The van der Waals surface area contributed by atoms with E-state index in [4.69, 9.17) is 9.47 Å². The molecule has 18 heavy (non-hydrogen) atoms. The van der Waals surface area contributed by atoms with Crippen LogP contribution >= 0.6 is 0 Å². The summed E-state index contributed by atoms with van der Waals surface area (Å²) < 4.78 is 9.66. The number of ether oxygens (including phenoxy) is 2. The van der Waals surface area contributed by atoms with Gasteiger partial charge in [-0.15, -0.1) is 0 Å². The Labute approximate surface area is 108 Å². The van der Waals surface area contributed by atoms with Gasteiger partial charge in [-0.05, 0) is 37.5 Å². The van der Waals surface area contributed by atoms with Gasteiger partial charge in [0.2, 0.25) is 0 Å². The van der Waals surface area contributed by atoms with Crippen LogP contribution in [0.25, 0.3) is 0 Å². The van der Waals surface area contributed by atoms with Gasteiger partial charge in [-0.1, -0.05) is 13.0 Å². The molecule has 0 bridgehead atoms. The Bertz CT molecular complexity index is 401. The summed E-state index contributed by atoms with van der Waals surface area (Å²) in [6.07, 6.45) is 2.64. The average Bonchev–Trinajstić information content (AvgIpc) is 2.74. The second-order valence-electron chi connectivity index (χ2n) is 4.20. The first-order valence-corrected chi connectivity index (χ1v) is 6.12. The van der Waals surface area contributed by atoms with Gasteiger partial charge in [-0.25, -0.2) is 0 Å². The topological polar surface area (TPSA) is 55.8 Å². The van der Waals surface area contributed by atoms with Gasteiger partial charge in [0.25, 0.3) is 0 Å². The van der Waals surface area contributed by atoms with Gasteiger partial charge in [0.05, 0.1) is 13.2 Å². The highest BCUT2D eigenvalue weighted by Gasteiger charge is 2.17. The van der Waals surface area contributed by atoms with Gasteiger partial charge in [0.1, 0.15) is 0 Å². The second-order valence-corrected chi connectivity index (χ2v) is 4.20. The molecule has 1 fully saturated rings. The lowest BCUT2D eigenvalue weighted by Crippen LogP contribution is -1.98. The number of hydrogen-bond donors (Lipinski definition) is 1. The van der Waals surface area contributed by atoms with E-state index in [-0.39, 0.29) is 17.8 Å². The molecule has 0 amide bonds. The number of phenols is 1. The van der Waals surface area contributed by atoms with Crippen LogP contribution in [-0.4, -0.2) is 24.3 Å². The predicted molar refractivity (Wildman–Crippen MR) is 68.8 cm³/mol. The lowest BCUT2D eigenvalue weighted by atomic mass is 10.1. The molecule has 0 saturated carbocycles. The summed E-state index contributed by atoms with van der Waals surface area (Å²) in [5.74, 6) is 0.696. The fourth-order valence-corrected chi connectivity index (χ4v) is 1.61. The number of carbonyl (C=O) groups is 1. The van der Waals surface area contributed by atoms with E-state index < -0.39 is 0 Å². The van der Waals surface area contributed by atoms with Crippen LogP contribution in [0.2, 0.25) is 0 Å². The zero-order chi connectivity index (χ0) is 13.5. The Morgan fingerprint density at radius 1 is 1.50 bits per heavy atom. The minimum atomic E-state index is -0.0486. The maximum Gasteiger partial charge on any atom is 0.306 e. The van der Waals surface area contributed by atoms with Crippen molar-refractivity contribution in [2.24, 2.45) is 0 Å². The molecular weight excluding hydrogens is 232 g/mol. The largest absolute Gasteiger partial charge is 0.504 e. The number of aromatic hydroxyl groups is 1. The summed E-state index contributed by atoms with van der Waals surface area (Å²) in [5, 5.41) is 9.21. The fourth-order valence-electron chi connectivity index (χ4n) is 1.61. The number of phenolic OH excluding ortho intramolecular Hbond substituents is 1. The number of hydrogen-bond acceptors (Lipinski definition) is 4. The molecule has 0 aromatic heterocycles. The average molecular weight is 252 g/mol. The Morgan fingerprint density at radius 2 is 2.22 bits per heavy atom. The molecule has 0 spiro atoms. The van der Waals surface area contributed by atoms with Crippen molar-refractivity contribution in [3.05, 3.63) is 23.8 Å². The zero-order valence-corrected chi connectivity index (χ0v) is 11.1. The first-order chi connectivity index (χ1) is 8.56. The fraction of sp³-hybridized carbons (Fsp3) is 0.500. The molecule has 2 rings (SSSR count). The first kappa shape index (κ1) is 14.4. The number of benzene rings is 1. The molecule has 1 unspecified atom stereocenters. The molecule has 4 nitrogen and oxygen atoms in total. The summed E-state index contributed by atoms with van der Waals surface area (Å²) in [4.78, 5) is 10.2. The van der Waals surface area contributed by atoms with Crippen LogP contribution in [0.4, 0.5) is 0 Å². The van der Waals surface area contributed by atoms with Crippen molar-refractivity contribution in [1.29, 1.82) is 0 Å². The lowest BCUT2D eigenvalue weighted by molar-refractivity contribution is -0.140. The van der Waals surface area contributed by atoms with Crippen LogP contribution in [0.3, 0.4) is 0 Å². The first-order valence-electron chi connectivity index (χ1n) is 6.12. The summed E-state index contributed by atoms with van der Waals surface area (Å²) in [6.45, 7) is 3.97. The van der Waals surface area contributed by atoms with Gasteiger partial charge in [0, 0.05) is 6.42 Å². The number of methoxy groups -OCH3 is 1. The van der Waals surface area contributed by atoms with Gasteiger partial charge >= 0.3 is 5.97 Å². The van der Waals surface area contributed by atoms with Crippen molar-refractivity contribution in [3.8, 4) is 11.5 Å². The van der Waals surface area contributed by atoms with Crippen molar-refractivity contribution < 1.29 is 19.4 Å². The van der Waals surface area contributed by atoms with Gasteiger partial charge in [-0.2, -0.15) is 0 Å². The highest BCUT2D eigenvalue weighted by molar-refractivity contribution is 5.71. The van der Waals surface area contributed by atoms with E-state index in [0.717, 1.165) is 12.8 Å². The third-order valence-electron chi connectivity index (χ3n) is 2.74. The second kappa shape index (κ2) is 6.89. The van der Waals surface area contributed by atoms with E-state index in [0.29, 0.717) is 12.2 Å². The number of carbonyl (C=O) groups excluding carboxylic acids is 1. The van der Waals surface area contributed by atoms with Crippen molar-refractivity contribution in [2.75, 3.05) is 7.11 Å². The summed E-state index contributed by atoms with van der Waals surface area (Å²) in [7, 11) is 1.55. The van der Waals surface area contributed by atoms with E-state index in [2.05, 4.69) is 6.92 Å². The standard InChI is InChI=1S/C9H12O2.C5H8O2/c1-3-7-4-5-8(10)9(6-7)11-2;1-4-2-3-5(6)7-4/h4-6,10H,3H2,1-2H3;4H,2-3H2,1H3. The minimum Gasteiger partial charge on any atom is -0.504 e. The Kier molecular flexibility index (Phi) is 5.49. The summed E-state index contributed by atoms with van der Waals surface area (Å²) in [5.41, 5.74) is 1.17. The SMILES string of the molecule is CC1CCC(=O)O1.CCc1ccc(O)c(OC)c1. The number of rotatable bonds is 2. The molecule has 100 valence electrons. The van der Waals surface area contributed by atoms with E-state index in [1.165, 1.54) is 5.56 Å². The molecule has 1 atom stereocenters. The van der Waals surface area contributed by atoms with E-state index in [1.807, 2.05) is 19.1 Å². The number of aryl methyl sites for hydroxylation is 1. The van der Waals surface area contributed by atoms with E-state index >= 15 is 0 Å². The van der Waals surface area contributed by atoms with Crippen LogP contribution in [-0.2, 0) is 16.0 Å². The van der Waals surface area contributed by atoms with Crippen LogP contribution in [0.15, 0.2) is 18.2 Å². The number of esters is 1. The molecule has 1 saturated heterocycles. The summed E-state index contributed by atoms with van der Waals surface area (Å²) >= 11 is 0. The maximum atomic E-state index is 10.2. The van der Waals surface area contributed by atoms with Crippen LogP contribution in [0, 0.1) is 0 Å². The monoisotopic (exact) mass is 252 g/mol. The van der Waals surface area contributed by atoms with Crippen molar-refractivity contribution >= 4 is 5.97 Å². The van der Waals surface area contributed by atoms with E-state index in [1.54, 1.807) is 13.2 Å². The Morgan fingerprint density at radius 3 is 2.61 bits per heavy atom. The Balaban J connectivity index is 0.000000199. The highest BCUT2D eigenvalue weighted by Crippen LogP contribution is 2.26. The van der Waals surface area contributed by atoms with Crippen molar-refractivity contribution in [2.45, 2.75) is 39.2 Å². The molecule has 0 radical (unpaired) electrons. The van der Waals surface area contributed by atoms with Gasteiger partial charge in [0.15, 0.2) is 11.5 Å². The van der Waals surface area contributed by atoms with Crippen LogP contribution in [0.1, 0.15) is 32.3 Å². The van der Waals surface area contributed by atoms with Crippen molar-refractivity contribution in [3.63, 3.8) is 0 Å². The third kappa shape index (κ3) is 4.28. The molecule has 1 N–H and O–H groups in total.